The summed E-state index contributed by atoms with van der Waals surface area (Å²) in [5.41, 5.74) is 2.35. The lowest BCUT2D eigenvalue weighted by molar-refractivity contribution is -0.121. The minimum absolute atomic E-state index is 0.158. The number of likely N-dealkylation sites (N-methyl/N-ethyl adjacent to an activating group) is 1. The van der Waals surface area contributed by atoms with Crippen LogP contribution in [0.3, 0.4) is 0 Å². The second kappa shape index (κ2) is 8.04. The fraction of sp³-hybridized carbons (Fsp3) is 0.333. The molecular weight excluding hydrogens is 328 g/mol. The van der Waals surface area contributed by atoms with Crippen LogP contribution in [0.1, 0.15) is 35.7 Å². The fourth-order valence-corrected chi connectivity index (χ4v) is 3.18. The highest BCUT2D eigenvalue weighted by molar-refractivity contribution is 6.11. The maximum Gasteiger partial charge on any atom is 0.259 e. The number of amides is 2. The van der Waals surface area contributed by atoms with E-state index in [1.54, 1.807) is 36.2 Å². The monoisotopic (exact) mass is 352 g/mol. The van der Waals surface area contributed by atoms with Crippen LogP contribution in [0.2, 0.25) is 0 Å². The lowest BCUT2D eigenvalue weighted by atomic mass is 10.1. The molecule has 0 saturated heterocycles. The van der Waals surface area contributed by atoms with Crippen molar-refractivity contribution in [2.24, 2.45) is 0 Å². The number of ether oxygens (including phenoxy) is 1. The van der Waals surface area contributed by atoms with Crippen LogP contribution < -0.4 is 15.0 Å². The van der Waals surface area contributed by atoms with Crippen molar-refractivity contribution in [1.82, 2.24) is 5.32 Å². The Morgan fingerprint density at radius 2 is 1.88 bits per heavy atom. The molecule has 0 aromatic heterocycles. The SMILES string of the molecule is CCCCOc1ccc(C(=O)N2c3ccccc3C[C@H]2C(=O)NC)cc1. The molecule has 1 atom stereocenters. The lowest BCUT2D eigenvalue weighted by Crippen LogP contribution is -2.47. The van der Waals surface area contributed by atoms with E-state index in [9.17, 15) is 9.59 Å². The molecule has 5 heteroatoms. The zero-order chi connectivity index (χ0) is 18.5. The first-order chi connectivity index (χ1) is 12.7. The average Bonchev–Trinajstić information content (AvgIpc) is 3.07. The van der Waals surface area contributed by atoms with Crippen molar-refractivity contribution < 1.29 is 14.3 Å². The smallest absolute Gasteiger partial charge is 0.259 e. The third-order valence-electron chi connectivity index (χ3n) is 4.61. The number of benzene rings is 2. The molecule has 0 radical (unpaired) electrons. The predicted molar refractivity (Wildman–Crippen MR) is 102 cm³/mol. The van der Waals surface area contributed by atoms with Gasteiger partial charge in [0.2, 0.25) is 5.91 Å². The summed E-state index contributed by atoms with van der Waals surface area (Å²) in [5, 5.41) is 2.66. The summed E-state index contributed by atoms with van der Waals surface area (Å²) in [7, 11) is 1.59. The van der Waals surface area contributed by atoms with Crippen molar-refractivity contribution in [2.75, 3.05) is 18.6 Å². The van der Waals surface area contributed by atoms with Crippen LogP contribution in [0.25, 0.3) is 0 Å². The number of fused-ring (bicyclic) bond motifs is 1. The molecule has 1 N–H and O–H groups in total. The molecule has 136 valence electrons. The molecular formula is C21H24N2O3. The van der Waals surface area contributed by atoms with E-state index < -0.39 is 6.04 Å². The molecule has 1 aliphatic rings. The van der Waals surface area contributed by atoms with Gasteiger partial charge in [-0.1, -0.05) is 31.5 Å². The molecule has 2 amide bonds. The Morgan fingerprint density at radius 1 is 1.15 bits per heavy atom. The van der Waals surface area contributed by atoms with E-state index >= 15 is 0 Å². The molecule has 0 spiro atoms. The van der Waals surface area contributed by atoms with Gasteiger partial charge in [-0.3, -0.25) is 14.5 Å². The number of unbranched alkanes of at least 4 members (excludes halogenated alkanes) is 1. The van der Waals surface area contributed by atoms with E-state index in [1.165, 1.54) is 0 Å². The standard InChI is InChI=1S/C21H24N2O3/c1-3-4-13-26-17-11-9-15(10-12-17)21(25)23-18-8-6-5-7-16(18)14-19(23)20(24)22-2/h5-12,19H,3-4,13-14H2,1-2H3,(H,22,24)/t19-/m0/s1. The average molecular weight is 352 g/mol. The number of anilines is 1. The maximum atomic E-state index is 13.1. The lowest BCUT2D eigenvalue weighted by Gasteiger charge is -2.24. The summed E-state index contributed by atoms with van der Waals surface area (Å²) in [5.74, 6) is 0.414. The molecule has 0 aliphatic carbocycles. The van der Waals surface area contributed by atoms with E-state index in [0.717, 1.165) is 29.8 Å². The molecule has 3 rings (SSSR count). The van der Waals surface area contributed by atoms with Gasteiger partial charge in [0, 0.05) is 24.7 Å². The highest BCUT2D eigenvalue weighted by Crippen LogP contribution is 2.33. The third-order valence-corrected chi connectivity index (χ3v) is 4.61. The zero-order valence-corrected chi connectivity index (χ0v) is 15.2. The van der Waals surface area contributed by atoms with Crippen molar-refractivity contribution in [3.05, 3.63) is 59.7 Å². The van der Waals surface area contributed by atoms with Crippen LogP contribution >= 0.6 is 0 Å². The molecule has 2 aromatic rings. The van der Waals surface area contributed by atoms with Gasteiger partial charge >= 0.3 is 0 Å². The Hall–Kier alpha value is -2.82. The summed E-state index contributed by atoms with van der Waals surface area (Å²) in [6, 6.07) is 14.3. The number of para-hydroxylation sites is 1. The van der Waals surface area contributed by atoms with E-state index in [4.69, 9.17) is 4.74 Å². The van der Waals surface area contributed by atoms with Crippen molar-refractivity contribution in [2.45, 2.75) is 32.2 Å². The molecule has 0 bridgehead atoms. The van der Waals surface area contributed by atoms with Crippen LogP contribution in [0, 0.1) is 0 Å². The van der Waals surface area contributed by atoms with Crippen molar-refractivity contribution in [3.63, 3.8) is 0 Å². The van der Waals surface area contributed by atoms with E-state index in [0.29, 0.717) is 18.6 Å². The minimum Gasteiger partial charge on any atom is -0.494 e. The quantitative estimate of drug-likeness (QED) is 0.813. The summed E-state index contributed by atoms with van der Waals surface area (Å²) in [4.78, 5) is 27.0. The van der Waals surface area contributed by atoms with Gasteiger partial charge in [0.15, 0.2) is 0 Å². The predicted octanol–water partition coefficient (Wildman–Crippen LogP) is 3.18. The molecule has 0 fully saturated rings. The summed E-state index contributed by atoms with van der Waals surface area (Å²) in [6.07, 6.45) is 2.60. The van der Waals surface area contributed by atoms with Crippen molar-refractivity contribution in [1.29, 1.82) is 0 Å². The summed E-state index contributed by atoms with van der Waals surface area (Å²) >= 11 is 0. The number of nitrogens with one attached hydrogen (secondary N) is 1. The molecule has 0 unspecified atom stereocenters. The number of carbonyl (C=O) groups excluding carboxylic acids is 2. The van der Waals surface area contributed by atoms with E-state index in [-0.39, 0.29) is 11.8 Å². The Labute approximate surface area is 154 Å². The van der Waals surface area contributed by atoms with Crippen molar-refractivity contribution >= 4 is 17.5 Å². The van der Waals surface area contributed by atoms with Gasteiger partial charge in [0.1, 0.15) is 11.8 Å². The van der Waals surface area contributed by atoms with Gasteiger partial charge in [-0.25, -0.2) is 0 Å². The summed E-state index contributed by atoms with van der Waals surface area (Å²) < 4.78 is 5.65. The van der Waals surface area contributed by atoms with Crippen molar-refractivity contribution in [3.8, 4) is 5.75 Å². The second-order valence-electron chi connectivity index (χ2n) is 6.36. The van der Waals surface area contributed by atoms with Gasteiger partial charge < -0.3 is 10.1 Å². The van der Waals surface area contributed by atoms with Gasteiger partial charge in [-0.05, 0) is 42.3 Å². The number of hydrogen-bond donors (Lipinski definition) is 1. The molecule has 1 aliphatic heterocycles. The van der Waals surface area contributed by atoms with Gasteiger partial charge in [0.25, 0.3) is 5.91 Å². The normalized spacial score (nSPS) is 15.5. The highest BCUT2D eigenvalue weighted by Gasteiger charge is 2.38. The van der Waals surface area contributed by atoms with Crippen LogP contribution in [0.5, 0.6) is 5.75 Å². The molecule has 5 nitrogen and oxygen atoms in total. The number of carbonyl (C=O) groups is 2. The molecule has 26 heavy (non-hydrogen) atoms. The molecule has 1 heterocycles. The Morgan fingerprint density at radius 3 is 2.58 bits per heavy atom. The van der Waals surface area contributed by atoms with E-state index in [1.807, 2.05) is 24.3 Å². The topological polar surface area (TPSA) is 58.6 Å². The van der Waals surface area contributed by atoms with Gasteiger partial charge in [-0.2, -0.15) is 0 Å². The van der Waals surface area contributed by atoms with Crippen LogP contribution in [0.15, 0.2) is 48.5 Å². The Balaban J connectivity index is 1.83. The third kappa shape index (κ3) is 3.57. The van der Waals surface area contributed by atoms with Crippen LogP contribution in [-0.2, 0) is 11.2 Å². The number of hydrogen-bond acceptors (Lipinski definition) is 3. The van der Waals surface area contributed by atoms with Gasteiger partial charge in [0.05, 0.1) is 6.61 Å². The van der Waals surface area contributed by atoms with Crippen LogP contribution in [0.4, 0.5) is 5.69 Å². The zero-order valence-electron chi connectivity index (χ0n) is 15.2. The highest BCUT2D eigenvalue weighted by atomic mass is 16.5. The summed E-state index contributed by atoms with van der Waals surface area (Å²) in [6.45, 7) is 2.78. The van der Waals surface area contributed by atoms with E-state index in [2.05, 4.69) is 12.2 Å². The van der Waals surface area contributed by atoms with Gasteiger partial charge in [-0.15, -0.1) is 0 Å². The largest absolute Gasteiger partial charge is 0.494 e. The van der Waals surface area contributed by atoms with Crippen LogP contribution in [-0.4, -0.2) is 31.5 Å². The number of rotatable bonds is 6. The molecule has 2 aromatic carbocycles. The minimum atomic E-state index is -0.523. The first kappa shape index (κ1) is 18.0. The first-order valence-electron chi connectivity index (χ1n) is 9.01. The first-order valence-corrected chi connectivity index (χ1v) is 9.01. The fourth-order valence-electron chi connectivity index (χ4n) is 3.18. The maximum absolute atomic E-state index is 13.1. The Bertz CT molecular complexity index is 786. The Kier molecular flexibility index (Phi) is 5.56. The number of nitrogens with zero attached hydrogens (tertiary/aromatic N) is 1. The molecule has 0 saturated carbocycles. The second-order valence-corrected chi connectivity index (χ2v) is 6.36.